The number of carbonyl (C=O) groups is 1. The molecule has 1 heterocycles. The van der Waals surface area contributed by atoms with Crippen LogP contribution in [0, 0.1) is 5.92 Å². The smallest absolute Gasteiger partial charge is 0.335 e. The van der Waals surface area contributed by atoms with E-state index in [1.807, 2.05) is 0 Å². The number of aliphatic hydroxyl groups is 1. The van der Waals surface area contributed by atoms with E-state index in [0.29, 0.717) is 6.42 Å². The molecular formula is C8H14O5S. The third-order valence-electron chi connectivity index (χ3n) is 2.47. The zero-order chi connectivity index (χ0) is 11.0. The van der Waals surface area contributed by atoms with Crippen molar-refractivity contribution >= 4 is 15.8 Å². The third kappa shape index (κ3) is 2.68. The lowest BCUT2D eigenvalue weighted by atomic mass is 9.92. The molecule has 2 N–H and O–H groups in total. The van der Waals surface area contributed by atoms with Gasteiger partial charge in [0.15, 0.2) is 15.4 Å². The molecule has 2 atom stereocenters. The molecule has 0 aromatic carbocycles. The fraction of sp³-hybridized carbons (Fsp3) is 0.875. The fourth-order valence-electron chi connectivity index (χ4n) is 1.68. The second-order valence-corrected chi connectivity index (χ2v) is 6.28. The lowest BCUT2D eigenvalue weighted by molar-refractivity contribution is -0.158. The van der Waals surface area contributed by atoms with Crippen molar-refractivity contribution in [1.29, 1.82) is 0 Å². The number of carboxylic acid groups (broad SMARTS) is 1. The van der Waals surface area contributed by atoms with E-state index in [1.54, 1.807) is 0 Å². The van der Waals surface area contributed by atoms with Gasteiger partial charge in [-0.1, -0.05) is 0 Å². The van der Waals surface area contributed by atoms with Gasteiger partial charge < -0.3 is 10.2 Å². The minimum atomic E-state index is -3.00. The lowest BCUT2D eigenvalue weighted by Gasteiger charge is -2.20. The summed E-state index contributed by atoms with van der Waals surface area (Å²) in [5.74, 6) is -1.43. The predicted molar refractivity (Wildman–Crippen MR) is 49.6 cm³/mol. The van der Waals surface area contributed by atoms with Crippen molar-refractivity contribution in [2.24, 2.45) is 5.92 Å². The Morgan fingerprint density at radius 3 is 2.50 bits per heavy atom. The van der Waals surface area contributed by atoms with Crippen LogP contribution in [0.3, 0.4) is 0 Å². The minimum absolute atomic E-state index is 0.00155. The summed E-state index contributed by atoms with van der Waals surface area (Å²) < 4.78 is 22.1. The third-order valence-corrected chi connectivity index (χ3v) is 4.31. The maximum absolute atomic E-state index is 11.1. The molecule has 6 heteroatoms. The minimum Gasteiger partial charge on any atom is -0.479 e. The molecule has 0 aromatic heterocycles. The van der Waals surface area contributed by atoms with Crippen molar-refractivity contribution in [1.82, 2.24) is 0 Å². The van der Waals surface area contributed by atoms with E-state index in [2.05, 4.69) is 0 Å². The maximum Gasteiger partial charge on any atom is 0.335 e. The second kappa shape index (κ2) is 3.51. The highest BCUT2D eigenvalue weighted by molar-refractivity contribution is 7.91. The Kier molecular flexibility index (Phi) is 2.87. The molecule has 1 aliphatic rings. The zero-order valence-electron chi connectivity index (χ0n) is 7.93. The summed E-state index contributed by atoms with van der Waals surface area (Å²) in [4.78, 5) is 10.6. The molecule has 0 aliphatic carbocycles. The maximum atomic E-state index is 11.1. The van der Waals surface area contributed by atoms with E-state index in [0.717, 1.165) is 0 Å². The van der Waals surface area contributed by atoms with Crippen LogP contribution in [0.15, 0.2) is 0 Å². The molecule has 1 aliphatic heterocycles. The molecule has 1 saturated heterocycles. The van der Waals surface area contributed by atoms with Gasteiger partial charge in [-0.05, 0) is 25.7 Å². The van der Waals surface area contributed by atoms with Gasteiger partial charge in [0.25, 0.3) is 0 Å². The van der Waals surface area contributed by atoms with Gasteiger partial charge in [0.1, 0.15) is 0 Å². The Labute approximate surface area is 82.7 Å². The molecule has 0 saturated carbocycles. The molecule has 2 unspecified atom stereocenters. The van der Waals surface area contributed by atoms with Gasteiger partial charge in [0.2, 0.25) is 0 Å². The van der Waals surface area contributed by atoms with Crippen LogP contribution in [0.5, 0.6) is 0 Å². The molecule has 14 heavy (non-hydrogen) atoms. The van der Waals surface area contributed by atoms with Gasteiger partial charge in [-0.15, -0.1) is 0 Å². The summed E-state index contributed by atoms with van der Waals surface area (Å²) in [6.07, 6.45) is 0.452. The molecule has 0 bridgehead atoms. The van der Waals surface area contributed by atoms with Crippen LogP contribution in [-0.4, -0.2) is 41.7 Å². The molecule has 0 aromatic rings. The molecule has 0 radical (unpaired) electrons. The van der Waals surface area contributed by atoms with Gasteiger partial charge in [0, 0.05) is 0 Å². The highest BCUT2D eigenvalue weighted by atomic mass is 32.2. The van der Waals surface area contributed by atoms with Crippen molar-refractivity contribution < 1.29 is 23.4 Å². The number of hydrogen-bond acceptors (Lipinski definition) is 4. The highest BCUT2D eigenvalue weighted by Crippen LogP contribution is 2.27. The van der Waals surface area contributed by atoms with E-state index < -0.39 is 21.4 Å². The highest BCUT2D eigenvalue weighted by Gasteiger charge is 2.37. The lowest BCUT2D eigenvalue weighted by Crippen LogP contribution is -2.37. The molecule has 0 amide bonds. The van der Waals surface area contributed by atoms with Crippen LogP contribution in [0.4, 0.5) is 0 Å². The normalized spacial score (nSPS) is 29.7. The first-order valence-electron chi connectivity index (χ1n) is 4.39. The summed E-state index contributed by atoms with van der Waals surface area (Å²) in [5.41, 5.74) is -1.81. The second-order valence-electron chi connectivity index (χ2n) is 4.05. The topological polar surface area (TPSA) is 91.7 Å². The Balaban J connectivity index is 2.60. The van der Waals surface area contributed by atoms with E-state index in [9.17, 15) is 18.3 Å². The summed E-state index contributed by atoms with van der Waals surface area (Å²) in [6.45, 7) is 1.19. The van der Waals surface area contributed by atoms with Crippen LogP contribution < -0.4 is 0 Å². The van der Waals surface area contributed by atoms with Gasteiger partial charge in [0.05, 0.1) is 11.5 Å². The first-order chi connectivity index (χ1) is 6.23. The average Bonchev–Trinajstić information content (AvgIpc) is 2.28. The van der Waals surface area contributed by atoms with Crippen LogP contribution in [-0.2, 0) is 14.6 Å². The summed E-state index contributed by atoms with van der Waals surface area (Å²) in [5, 5.41) is 18.1. The van der Waals surface area contributed by atoms with Gasteiger partial charge in [-0.3, -0.25) is 0 Å². The van der Waals surface area contributed by atoms with E-state index in [4.69, 9.17) is 5.11 Å². The monoisotopic (exact) mass is 222 g/mol. The van der Waals surface area contributed by atoms with Gasteiger partial charge in [-0.2, -0.15) is 0 Å². The predicted octanol–water partition coefficient (Wildman–Crippen LogP) is -0.353. The van der Waals surface area contributed by atoms with Gasteiger partial charge >= 0.3 is 5.97 Å². The SMILES string of the molecule is CC(O)(CC1CCS(=O)(=O)C1)C(=O)O. The van der Waals surface area contributed by atoms with E-state index in [1.165, 1.54) is 6.92 Å². The zero-order valence-corrected chi connectivity index (χ0v) is 8.75. The molecular weight excluding hydrogens is 208 g/mol. The standard InChI is InChI=1S/C8H14O5S/c1-8(11,7(9)10)4-6-2-3-14(12,13)5-6/h6,11H,2-5H2,1H3,(H,9,10). The van der Waals surface area contributed by atoms with Crippen molar-refractivity contribution in [2.45, 2.75) is 25.4 Å². The van der Waals surface area contributed by atoms with Crippen LogP contribution in [0.2, 0.25) is 0 Å². The Morgan fingerprint density at radius 1 is 1.57 bits per heavy atom. The average molecular weight is 222 g/mol. The quantitative estimate of drug-likeness (QED) is 0.680. The van der Waals surface area contributed by atoms with Crippen molar-refractivity contribution in [3.63, 3.8) is 0 Å². The van der Waals surface area contributed by atoms with Crippen molar-refractivity contribution in [3.8, 4) is 0 Å². The number of rotatable bonds is 3. The molecule has 82 valence electrons. The Morgan fingerprint density at radius 2 is 2.14 bits per heavy atom. The first kappa shape index (κ1) is 11.5. The molecule has 1 fully saturated rings. The Bertz CT molecular complexity index is 330. The van der Waals surface area contributed by atoms with Crippen molar-refractivity contribution in [3.05, 3.63) is 0 Å². The van der Waals surface area contributed by atoms with Gasteiger partial charge in [-0.25, -0.2) is 13.2 Å². The van der Waals surface area contributed by atoms with Crippen LogP contribution in [0.1, 0.15) is 19.8 Å². The fourth-order valence-corrected chi connectivity index (χ4v) is 3.54. The van der Waals surface area contributed by atoms with Crippen molar-refractivity contribution in [2.75, 3.05) is 11.5 Å². The summed E-state index contributed by atoms with van der Waals surface area (Å²) in [7, 11) is -3.00. The number of carboxylic acids is 1. The Hall–Kier alpha value is -0.620. The van der Waals surface area contributed by atoms with Crippen LogP contribution in [0.25, 0.3) is 0 Å². The van der Waals surface area contributed by atoms with E-state index >= 15 is 0 Å². The van der Waals surface area contributed by atoms with E-state index in [-0.39, 0.29) is 23.8 Å². The number of aliphatic carboxylic acids is 1. The largest absolute Gasteiger partial charge is 0.479 e. The molecule has 0 spiro atoms. The summed E-state index contributed by atoms with van der Waals surface area (Å²) >= 11 is 0. The number of sulfone groups is 1. The summed E-state index contributed by atoms with van der Waals surface area (Å²) in [6, 6.07) is 0. The molecule has 1 rings (SSSR count). The number of hydrogen-bond donors (Lipinski definition) is 2. The molecule has 5 nitrogen and oxygen atoms in total. The first-order valence-corrected chi connectivity index (χ1v) is 6.21. The van der Waals surface area contributed by atoms with Crippen LogP contribution >= 0.6 is 0 Å².